The minimum absolute atomic E-state index is 0.0339. The minimum Gasteiger partial charge on any atom is -0.481 e. The summed E-state index contributed by atoms with van der Waals surface area (Å²) in [6, 6.07) is 2.82. The van der Waals surface area contributed by atoms with Gasteiger partial charge in [0, 0.05) is 32.1 Å². The maximum atomic E-state index is 12.4. The van der Waals surface area contributed by atoms with E-state index in [1.807, 2.05) is 0 Å². The summed E-state index contributed by atoms with van der Waals surface area (Å²) < 4.78 is 0. The molecule has 1 unspecified atom stereocenters. The first-order chi connectivity index (χ1) is 14.5. The van der Waals surface area contributed by atoms with Crippen LogP contribution in [0.15, 0.2) is 18.2 Å². The van der Waals surface area contributed by atoms with Gasteiger partial charge in [0.15, 0.2) is 0 Å². The summed E-state index contributed by atoms with van der Waals surface area (Å²) in [4.78, 5) is 47.3. The number of rotatable bonds is 12. The van der Waals surface area contributed by atoms with E-state index in [1.165, 1.54) is 11.0 Å². The maximum Gasteiger partial charge on any atom is 0.488 e. The molecule has 0 aliphatic carbocycles. The summed E-state index contributed by atoms with van der Waals surface area (Å²) in [5, 5.41) is 41.0. The molecule has 12 heteroatoms. The first-order valence-electron chi connectivity index (χ1n) is 9.75. The van der Waals surface area contributed by atoms with E-state index in [9.17, 15) is 34.3 Å². The van der Waals surface area contributed by atoms with Crippen molar-refractivity contribution in [3.63, 3.8) is 0 Å². The summed E-state index contributed by atoms with van der Waals surface area (Å²) in [5.41, 5.74) is 1.50. The van der Waals surface area contributed by atoms with Crippen LogP contribution in [-0.4, -0.2) is 70.9 Å². The van der Waals surface area contributed by atoms with Gasteiger partial charge in [-0.25, -0.2) is 9.59 Å². The largest absolute Gasteiger partial charge is 0.488 e. The second-order valence-electron chi connectivity index (χ2n) is 7.05. The lowest BCUT2D eigenvalue weighted by atomic mass is 9.77. The molecule has 0 heterocycles. The molecular weight excluding hydrogens is 409 g/mol. The highest BCUT2D eigenvalue weighted by Gasteiger charge is 2.21. The number of benzene rings is 1. The van der Waals surface area contributed by atoms with Crippen molar-refractivity contribution >= 4 is 42.1 Å². The zero-order valence-corrected chi connectivity index (χ0v) is 17.5. The summed E-state index contributed by atoms with van der Waals surface area (Å²) >= 11 is 0. The first-order valence-corrected chi connectivity index (χ1v) is 9.75. The predicted molar refractivity (Wildman–Crippen MR) is 113 cm³/mol. The quantitative estimate of drug-likeness (QED) is 0.186. The summed E-state index contributed by atoms with van der Waals surface area (Å²) in [6.07, 6.45) is 0.406. The Hall–Kier alpha value is -3.12. The number of urea groups is 1. The number of hydrogen-bond donors (Lipinski definition) is 6. The van der Waals surface area contributed by atoms with Crippen LogP contribution in [0.2, 0.25) is 0 Å². The van der Waals surface area contributed by atoms with Crippen LogP contribution in [0.3, 0.4) is 0 Å². The number of nitrogens with one attached hydrogen (secondary N) is 2. The van der Waals surface area contributed by atoms with Crippen LogP contribution in [0.1, 0.15) is 37.7 Å². The number of aliphatic carboxylic acids is 2. The fraction of sp³-hybridized carbons (Fsp3) is 0.474. The second kappa shape index (κ2) is 12.6. The molecule has 0 aliphatic rings. The van der Waals surface area contributed by atoms with Gasteiger partial charge in [0.25, 0.3) is 0 Å². The number of carboxylic acid groups (broad SMARTS) is 2. The Morgan fingerprint density at radius 3 is 2.32 bits per heavy atom. The molecule has 6 N–H and O–H groups in total. The number of carbonyl (C=O) groups is 4. The molecule has 3 amide bonds. The van der Waals surface area contributed by atoms with E-state index in [0.717, 1.165) is 0 Å². The molecular formula is C19H28BN3O8. The highest BCUT2D eigenvalue weighted by molar-refractivity contribution is 6.59. The first kappa shape index (κ1) is 25.9. The van der Waals surface area contributed by atoms with Crippen LogP contribution in [0.4, 0.5) is 10.5 Å². The molecule has 0 aromatic heterocycles. The van der Waals surface area contributed by atoms with Gasteiger partial charge in [-0.05, 0) is 49.3 Å². The van der Waals surface area contributed by atoms with Crippen LogP contribution >= 0.6 is 0 Å². The van der Waals surface area contributed by atoms with Gasteiger partial charge < -0.3 is 35.8 Å². The zero-order valence-electron chi connectivity index (χ0n) is 17.5. The number of nitrogens with zero attached hydrogens (tertiary/aromatic N) is 1. The molecule has 0 aliphatic heterocycles. The Morgan fingerprint density at radius 1 is 1.10 bits per heavy atom. The smallest absolute Gasteiger partial charge is 0.481 e. The third-order valence-corrected chi connectivity index (χ3v) is 4.63. The van der Waals surface area contributed by atoms with Crippen LogP contribution in [-0.2, 0) is 14.4 Å². The van der Waals surface area contributed by atoms with Crippen molar-refractivity contribution in [2.45, 2.75) is 45.1 Å². The van der Waals surface area contributed by atoms with E-state index in [0.29, 0.717) is 16.7 Å². The van der Waals surface area contributed by atoms with Crippen molar-refractivity contribution in [1.29, 1.82) is 0 Å². The van der Waals surface area contributed by atoms with Gasteiger partial charge in [0.1, 0.15) is 6.04 Å². The maximum absolute atomic E-state index is 12.4. The van der Waals surface area contributed by atoms with Crippen molar-refractivity contribution < 1.29 is 39.4 Å². The number of aryl methyl sites for hydroxylation is 1. The van der Waals surface area contributed by atoms with Gasteiger partial charge in [-0.3, -0.25) is 9.59 Å². The molecule has 0 radical (unpaired) electrons. The number of carbonyl (C=O) groups excluding carboxylic acids is 2. The van der Waals surface area contributed by atoms with Crippen LogP contribution in [0.5, 0.6) is 0 Å². The van der Waals surface area contributed by atoms with Crippen molar-refractivity contribution in [2.75, 3.05) is 18.5 Å². The predicted octanol–water partition coefficient (Wildman–Crippen LogP) is -0.575. The lowest BCUT2D eigenvalue weighted by Gasteiger charge is -2.20. The standard InChI is InChI=1S/C19H28BN3O8/c1-12-11-13(8-9-14(12)20(30)31)23(2)16(24)6-3-5-15(18(27)28)22-19(29)21-10-4-7-17(25)26/h8-9,11,15,30-31H,3-7,10H2,1-2H3,(H,25,26)(H,27,28)(H2,21,22,29). The van der Waals surface area contributed by atoms with E-state index in [1.54, 1.807) is 26.1 Å². The Morgan fingerprint density at radius 2 is 1.77 bits per heavy atom. The van der Waals surface area contributed by atoms with Gasteiger partial charge in [0.2, 0.25) is 5.91 Å². The number of carboxylic acids is 2. The monoisotopic (exact) mass is 437 g/mol. The van der Waals surface area contributed by atoms with E-state index < -0.39 is 31.1 Å². The average Bonchev–Trinajstić information content (AvgIpc) is 2.69. The van der Waals surface area contributed by atoms with Gasteiger partial charge in [0.05, 0.1) is 0 Å². The normalized spacial score (nSPS) is 11.4. The Labute approximate surface area is 180 Å². The highest BCUT2D eigenvalue weighted by atomic mass is 16.4. The molecule has 1 aromatic carbocycles. The number of amides is 3. The molecule has 0 saturated heterocycles. The van der Waals surface area contributed by atoms with Gasteiger partial charge in [-0.1, -0.05) is 6.07 Å². The SMILES string of the molecule is Cc1cc(N(C)C(=O)CCCC(NC(=O)NCCCC(=O)O)C(=O)O)ccc1B(O)O. The van der Waals surface area contributed by atoms with Crippen molar-refractivity contribution in [2.24, 2.45) is 0 Å². The Balaban J connectivity index is 2.51. The van der Waals surface area contributed by atoms with Crippen molar-refractivity contribution in [3.8, 4) is 0 Å². The third-order valence-electron chi connectivity index (χ3n) is 4.63. The third kappa shape index (κ3) is 9.05. The fourth-order valence-electron chi connectivity index (χ4n) is 2.84. The average molecular weight is 437 g/mol. The van der Waals surface area contributed by atoms with Crippen molar-refractivity contribution in [3.05, 3.63) is 23.8 Å². The molecule has 1 rings (SSSR count). The van der Waals surface area contributed by atoms with Gasteiger partial charge >= 0.3 is 25.1 Å². The second-order valence-corrected chi connectivity index (χ2v) is 7.05. The van der Waals surface area contributed by atoms with E-state index in [4.69, 9.17) is 5.11 Å². The van der Waals surface area contributed by atoms with Crippen LogP contribution in [0.25, 0.3) is 0 Å². The van der Waals surface area contributed by atoms with E-state index >= 15 is 0 Å². The zero-order chi connectivity index (χ0) is 23.6. The summed E-state index contributed by atoms with van der Waals surface area (Å²) in [7, 11) is -0.0474. The van der Waals surface area contributed by atoms with E-state index in [2.05, 4.69) is 10.6 Å². The molecule has 1 aromatic rings. The lowest BCUT2D eigenvalue weighted by molar-refractivity contribution is -0.139. The molecule has 0 bridgehead atoms. The molecule has 1 atom stereocenters. The Kier molecular flexibility index (Phi) is 10.5. The molecule has 31 heavy (non-hydrogen) atoms. The molecule has 0 spiro atoms. The summed E-state index contributed by atoms with van der Waals surface area (Å²) in [6.45, 7) is 1.78. The molecule has 0 fully saturated rings. The van der Waals surface area contributed by atoms with E-state index in [-0.39, 0.29) is 44.6 Å². The lowest BCUT2D eigenvalue weighted by Crippen LogP contribution is -2.46. The molecule has 0 saturated carbocycles. The van der Waals surface area contributed by atoms with Gasteiger partial charge in [-0.2, -0.15) is 0 Å². The molecule has 11 nitrogen and oxygen atoms in total. The van der Waals surface area contributed by atoms with Crippen molar-refractivity contribution in [1.82, 2.24) is 10.6 Å². The van der Waals surface area contributed by atoms with Crippen LogP contribution in [0, 0.1) is 6.92 Å². The van der Waals surface area contributed by atoms with Crippen LogP contribution < -0.4 is 21.0 Å². The number of anilines is 1. The molecule has 170 valence electrons. The minimum atomic E-state index is -1.61. The fourth-order valence-corrected chi connectivity index (χ4v) is 2.84. The topological polar surface area (TPSA) is 176 Å². The summed E-state index contributed by atoms with van der Waals surface area (Å²) in [5.74, 6) is -2.49. The highest BCUT2D eigenvalue weighted by Crippen LogP contribution is 2.16. The Bertz CT molecular complexity index is 802. The van der Waals surface area contributed by atoms with Gasteiger partial charge in [-0.15, -0.1) is 0 Å². The number of hydrogen-bond acceptors (Lipinski definition) is 6.